The molecule has 0 aliphatic heterocycles. The van der Waals surface area contributed by atoms with Crippen LogP contribution >= 0.6 is 23.2 Å². The van der Waals surface area contributed by atoms with Crippen LogP contribution < -0.4 is 10.6 Å². The van der Waals surface area contributed by atoms with E-state index in [1.54, 1.807) is 30.5 Å². The third kappa shape index (κ3) is 3.81. The Morgan fingerprint density at radius 3 is 2.46 bits per heavy atom. The Balaban J connectivity index is 2.03. The molecule has 0 aliphatic rings. The van der Waals surface area contributed by atoms with Crippen molar-refractivity contribution in [3.8, 4) is 0 Å². The predicted octanol–water partition coefficient (Wildman–Crippen LogP) is 4.88. The van der Waals surface area contributed by atoms with Gasteiger partial charge in [0.1, 0.15) is 12.1 Å². The number of hydrogen-bond donors (Lipinski definition) is 2. The van der Waals surface area contributed by atoms with Crippen molar-refractivity contribution in [2.24, 2.45) is 0 Å². The molecule has 0 saturated heterocycles. The van der Waals surface area contributed by atoms with Crippen molar-refractivity contribution in [2.75, 3.05) is 10.6 Å². The molecule has 132 valence electrons. The van der Waals surface area contributed by atoms with Crippen molar-refractivity contribution >= 4 is 52.0 Å². The zero-order valence-corrected chi connectivity index (χ0v) is 14.9. The van der Waals surface area contributed by atoms with Crippen LogP contribution in [0.1, 0.15) is 5.56 Å². The number of rotatable bonds is 5. The molecule has 26 heavy (non-hydrogen) atoms. The monoisotopic (exact) mass is 390 g/mol. The van der Waals surface area contributed by atoms with E-state index in [9.17, 15) is 10.1 Å². The fraction of sp³-hybridized carbons (Fsp3) is 0.0625. The van der Waals surface area contributed by atoms with Gasteiger partial charge in [-0.2, -0.15) is 0 Å². The van der Waals surface area contributed by atoms with E-state index in [-0.39, 0.29) is 17.3 Å². The topological polar surface area (TPSA) is 106 Å². The Kier molecular flexibility index (Phi) is 5.15. The van der Waals surface area contributed by atoms with Gasteiger partial charge in [0, 0.05) is 11.2 Å². The smallest absolute Gasteiger partial charge is 0.333 e. The first-order chi connectivity index (χ1) is 12.5. The lowest BCUT2D eigenvalue weighted by Gasteiger charge is -2.11. The van der Waals surface area contributed by atoms with Crippen LogP contribution in [-0.4, -0.2) is 19.9 Å². The largest absolute Gasteiger partial charge is 0.353 e. The lowest BCUT2D eigenvalue weighted by atomic mass is 10.3. The molecule has 2 heterocycles. The van der Waals surface area contributed by atoms with Crippen LogP contribution in [0.4, 0.5) is 28.8 Å². The maximum atomic E-state index is 11.6. The van der Waals surface area contributed by atoms with E-state index < -0.39 is 4.92 Å². The first kappa shape index (κ1) is 17.8. The Morgan fingerprint density at radius 2 is 1.77 bits per heavy atom. The number of halogens is 2. The summed E-state index contributed by atoms with van der Waals surface area (Å²) < 4.78 is 0. The van der Waals surface area contributed by atoms with Gasteiger partial charge in [-0.05, 0) is 36.8 Å². The number of aryl methyl sites for hydroxylation is 1. The van der Waals surface area contributed by atoms with Gasteiger partial charge in [-0.15, -0.1) is 0 Å². The van der Waals surface area contributed by atoms with Gasteiger partial charge in [-0.25, -0.2) is 15.0 Å². The molecule has 0 aliphatic carbocycles. The highest BCUT2D eigenvalue weighted by Gasteiger charge is 2.24. The van der Waals surface area contributed by atoms with Crippen LogP contribution in [0.2, 0.25) is 10.0 Å². The minimum atomic E-state index is -0.582. The SMILES string of the molecule is Cc1cccnc1Nc1ncnc(Nc2cc(Cl)ccc2Cl)c1[N+](=O)[O-]. The molecular weight excluding hydrogens is 379 g/mol. The number of aromatic nitrogens is 3. The van der Waals surface area contributed by atoms with Crippen LogP contribution in [0, 0.1) is 17.0 Å². The maximum absolute atomic E-state index is 11.6. The van der Waals surface area contributed by atoms with Gasteiger partial charge in [0.15, 0.2) is 0 Å². The molecule has 0 atom stereocenters. The highest BCUT2D eigenvalue weighted by Crippen LogP contribution is 2.35. The number of hydrogen-bond acceptors (Lipinski definition) is 7. The summed E-state index contributed by atoms with van der Waals surface area (Å²) in [6.45, 7) is 1.83. The molecule has 1 aromatic carbocycles. The Labute approximate surface area is 158 Å². The molecule has 0 amide bonds. The molecule has 10 heteroatoms. The van der Waals surface area contributed by atoms with E-state index in [4.69, 9.17) is 23.2 Å². The number of nitrogens with one attached hydrogen (secondary N) is 2. The quantitative estimate of drug-likeness (QED) is 0.472. The standard InChI is InChI=1S/C16H12Cl2N6O2/c1-9-3-2-6-19-14(9)23-16-13(24(25)26)15(20-8-21-16)22-12-7-10(17)4-5-11(12)18/h2-8H,1H3,(H2,19,20,21,22,23). The van der Waals surface area contributed by atoms with Gasteiger partial charge in [-0.1, -0.05) is 29.3 Å². The van der Waals surface area contributed by atoms with Crippen molar-refractivity contribution in [1.29, 1.82) is 0 Å². The van der Waals surface area contributed by atoms with E-state index in [0.29, 0.717) is 21.6 Å². The van der Waals surface area contributed by atoms with E-state index >= 15 is 0 Å². The zero-order chi connectivity index (χ0) is 18.7. The van der Waals surface area contributed by atoms with Crippen LogP contribution in [0.25, 0.3) is 0 Å². The van der Waals surface area contributed by atoms with Gasteiger partial charge in [0.2, 0.25) is 11.6 Å². The average Bonchev–Trinajstić information content (AvgIpc) is 2.60. The van der Waals surface area contributed by atoms with Gasteiger partial charge < -0.3 is 10.6 Å². The fourth-order valence-corrected chi connectivity index (χ4v) is 2.52. The molecule has 0 saturated carbocycles. The molecule has 3 aromatic rings. The van der Waals surface area contributed by atoms with Crippen LogP contribution in [0.15, 0.2) is 42.9 Å². The summed E-state index contributed by atoms with van der Waals surface area (Å²) in [5.74, 6) is 0.443. The highest BCUT2D eigenvalue weighted by molar-refractivity contribution is 6.35. The lowest BCUT2D eigenvalue weighted by Crippen LogP contribution is -2.07. The molecule has 0 spiro atoms. The second-order valence-corrected chi connectivity index (χ2v) is 6.06. The van der Waals surface area contributed by atoms with Crippen molar-refractivity contribution < 1.29 is 4.92 Å². The second-order valence-electron chi connectivity index (χ2n) is 5.22. The molecule has 2 aromatic heterocycles. The lowest BCUT2D eigenvalue weighted by molar-refractivity contribution is -0.383. The fourth-order valence-electron chi connectivity index (χ4n) is 2.18. The predicted molar refractivity (Wildman–Crippen MR) is 101 cm³/mol. The van der Waals surface area contributed by atoms with Crippen molar-refractivity contribution in [3.05, 3.63) is 68.6 Å². The van der Waals surface area contributed by atoms with Crippen molar-refractivity contribution in [3.63, 3.8) is 0 Å². The molecule has 0 unspecified atom stereocenters. The number of nitro groups is 1. The first-order valence-electron chi connectivity index (χ1n) is 7.36. The van der Waals surface area contributed by atoms with Crippen molar-refractivity contribution in [2.45, 2.75) is 6.92 Å². The maximum Gasteiger partial charge on any atom is 0.353 e. The third-order valence-corrected chi connectivity index (χ3v) is 4.00. The van der Waals surface area contributed by atoms with Gasteiger partial charge >= 0.3 is 5.69 Å². The molecule has 8 nitrogen and oxygen atoms in total. The first-order valence-corrected chi connectivity index (χ1v) is 8.11. The number of pyridine rings is 1. The molecule has 3 rings (SSSR count). The van der Waals surface area contributed by atoms with E-state index in [2.05, 4.69) is 25.6 Å². The van der Waals surface area contributed by atoms with Crippen LogP contribution in [0.3, 0.4) is 0 Å². The molecular formula is C16H12Cl2N6O2. The molecule has 0 fully saturated rings. The normalized spacial score (nSPS) is 10.4. The second kappa shape index (κ2) is 7.51. The minimum Gasteiger partial charge on any atom is -0.333 e. The third-order valence-electron chi connectivity index (χ3n) is 3.43. The van der Waals surface area contributed by atoms with Crippen LogP contribution in [-0.2, 0) is 0 Å². The minimum absolute atomic E-state index is 0.00690. The number of nitrogens with zero attached hydrogens (tertiary/aromatic N) is 4. The summed E-state index contributed by atoms with van der Waals surface area (Å²) >= 11 is 12.1. The van der Waals surface area contributed by atoms with E-state index in [1.807, 2.05) is 13.0 Å². The molecule has 2 N–H and O–H groups in total. The average molecular weight is 391 g/mol. The summed E-state index contributed by atoms with van der Waals surface area (Å²) in [7, 11) is 0. The molecule has 0 bridgehead atoms. The Bertz CT molecular complexity index is 983. The van der Waals surface area contributed by atoms with Gasteiger partial charge in [-0.3, -0.25) is 10.1 Å². The Morgan fingerprint density at radius 1 is 1.04 bits per heavy atom. The summed E-state index contributed by atoms with van der Waals surface area (Å²) in [6.07, 6.45) is 2.78. The van der Waals surface area contributed by atoms with Gasteiger partial charge in [0.25, 0.3) is 0 Å². The van der Waals surface area contributed by atoms with E-state index in [0.717, 1.165) is 5.56 Å². The van der Waals surface area contributed by atoms with E-state index in [1.165, 1.54) is 6.33 Å². The summed E-state index contributed by atoms with van der Waals surface area (Å²) in [5, 5.41) is 18.1. The summed E-state index contributed by atoms with van der Waals surface area (Å²) in [4.78, 5) is 23.1. The van der Waals surface area contributed by atoms with Gasteiger partial charge in [0.05, 0.1) is 15.6 Å². The summed E-state index contributed by atoms with van der Waals surface area (Å²) in [6, 6.07) is 8.33. The highest BCUT2D eigenvalue weighted by atomic mass is 35.5. The Hall–Kier alpha value is -2.97. The van der Waals surface area contributed by atoms with Crippen LogP contribution in [0.5, 0.6) is 0 Å². The zero-order valence-electron chi connectivity index (χ0n) is 13.4. The summed E-state index contributed by atoms with van der Waals surface area (Å²) in [5.41, 5.74) is 0.863. The van der Waals surface area contributed by atoms with Crippen molar-refractivity contribution in [1.82, 2.24) is 15.0 Å². The number of anilines is 4. The molecule has 0 radical (unpaired) electrons. The number of benzene rings is 1.